The average molecular weight is 247 g/mol. The third-order valence-corrected chi connectivity index (χ3v) is 2.08. The van der Waals surface area contributed by atoms with E-state index in [0.29, 0.717) is 0 Å². The van der Waals surface area contributed by atoms with Gasteiger partial charge in [0, 0.05) is 0 Å². The first kappa shape index (κ1) is 9.91. The van der Waals surface area contributed by atoms with Gasteiger partial charge in [-0.3, -0.25) is 9.59 Å². The molecule has 1 aromatic rings. The zero-order valence-corrected chi connectivity index (χ0v) is 8.41. The zero-order chi connectivity index (χ0) is 10.0. The Bertz CT molecular complexity index is 399. The number of nitrogens with zero attached hydrogens (tertiary/aromatic N) is 2. The second-order valence-corrected chi connectivity index (χ2v) is 3.30. The fourth-order valence-corrected chi connectivity index (χ4v) is 1.09. The standard InChI is InChI=1S/C7H7BrN2O3/c1-4(11)3-10-7(13)6(8)5(12)2-9-10/h2,12H,3H2,1H3. The number of carbonyl (C=O) groups excluding carboxylic acids is 1. The van der Waals surface area contributed by atoms with E-state index < -0.39 is 5.56 Å². The van der Waals surface area contributed by atoms with Gasteiger partial charge in [0.15, 0.2) is 11.5 Å². The van der Waals surface area contributed by atoms with Crippen molar-refractivity contribution in [1.29, 1.82) is 0 Å². The maximum absolute atomic E-state index is 11.3. The quantitative estimate of drug-likeness (QED) is 0.815. The van der Waals surface area contributed by atoms with Crippen molar-refractivity contribution in [3.8, 4) is 5.75 Å². The summed E-state index contributed by atoms with van der Waals surface area (Å²) in [6.07, 6.45) is 1.11. The lowest BCUT2D eigenvalue weighted by Gasteiger charge is -2.02. The van der Waals surface area contributed by atoms with E-state index in [0.717, 1.165) is 10.9 Å². The number of aromatic hydroxyl groups is 1. The molecule has 0 bridgehead atoms. The number of Topliss-reactive ketones (excluding diaryl/α,β-unsaturated/α-hetero) is 1. The van der Waals surface area contributed by atoms with Gasteiger partial charge in [0.05, 0.1) is 6.20 Å². The molecule has 0 aliphatic carbocycles. The molecular formula is C7H7BrN2O3. The van der Waals surface area contributed by atoms with Crippen LogP contribution in [0.3, 0.4) is 0 Å². The van der Waals surface area contributed by atoms with Crippen LogP contribution in [0.15, 0.2) is 15.5 Å². The molecule has 6 heteroatoms. The minimum atomic E-state index is -0.518. The number of carbonyl (C=O) groups is 1. The third-order valence-electron chi connectivity index (χ3n) is 1.34. The summed E-state index contributed by atoms with van der Waals surface area (Å²) >= 11 is 2.89. The van der Waals surface area contributed by atoms with Crippen LogP contribution < -0.4 is 5.56 Å². The highest BCUT2D eigenvalue weighted by Crippen LogP contribution is 2.15. The summed E-state index contributed by atoms with van der Waals surface area (Å²) in [4.78, 5) is 22.0. The normalized spacial score (nSPS) is 10.0. The molecule has 0 spiro atoms. The maximum Gasteiger partial charge on any atom is 0.285 e. The summed E-state index contributed by atoms with van der Waals surface area (Å²) in [6.45, 7) is 1.27. The van der Waals surface area contributed by atoms with Crippen molar-refractivity contribution in [3.63, 3.8) is 0 Å². The fourth-order valence-electron chi connectivity index (χ4n) is 0.780. The van der Waals surface area contributed by atoms with Gasteiger partial charge >= 0.3 is 0 Å². The molecular weight excluding hydrogens is 240 g/mol. The molecule has 0 saturated heterocycles. The van der Waals surface area contributed by atoms with Crippen LogP contribution >= 0.6 is 15.9 Å². The molecule has 0 atom stereocenters. The predicted octanol–water partition coefficient (Wildman–Crippen LogP) is 0.300. The van der Waals surface area contributed by atoms with Gasteiger partial charge in [0.2, 0.25) is 0 Å². The SMILES string of the molecule is CC(=O)Cn1ncc(O)c(Br)c1=O. The van der Waals surface area contributed by atoms with E-state index in [1.807, 2.05) is 0 Å². The molecule has 0 radical (unpaired) electrons. The predicted molar refractivity (Wildman–Crippen MR) is 48.5 cm³/mol. The highest BCUT2D eigenvalue weighted by Gasteiger charge is 2.08. The third kappa shape index (κ3) is 2.15. The first-order valence-electron chi connectivity index (χ1n) is 3.46. The Morgan fingerprint density at radius 1 is 1.77 bits per heavy atom. The van der Waals surface area contributed by atoms with Crippen molar-refractivity contribution in [2.45, 2.75) is 13.5 Å². The number of halogens is 1. The van der Waals surface area contributed by atoms with E-state index in [9.17, 15) is 9.59 Å². The van der Waals surface area contributed by atoms with E-state index in [1.54, 1.807) is 0 Å². The Balaban J connectivity index is 3.19. The van der Waals surface area contributed by atoms with Gasteiger partial charge in [-0.2, -0.15) is 5.10 Å². The van der Waals surface area contributed by atoms with Crippen LogP contribution in [0.4, 0.5) is 0 Å². The summed E-state index contributed by atoms with van der Waals surface area (Å²) in [5.41, 5.74) is -0.518. The summed E-state index contributed by atoms with van der Waals surface area (Å²) in [5.74, 6) is -0.406. The lowest BCUT2D eigenvalue weighted by Crippen LogP contribution is -2.25. The summed E-state index contributed by atoms with van der Waals surface area (Å²) in [5, 5.41) is 12.6. The van der Waals surface area contributed by atoms with Crippen LogP contribution in [-0.4, -0.2) is 20.7 Å². The van der Waals surface area contributed by atoms with E-state index >= 15 is 0 Å². The molecule has 0 fully saturated rings. The van der Waals surface area contributed by atoms with E-state index in [1.165, 1.54) is 6.92 Å². The second kappa shape index (κ2) is 3.69. The molecule has 0 amide bonds. The van der Waals surface area contributed by atoms with Crippen molar-refractivity contribution >= 4 is 21.7 Å². The number of aromatic nitrogens is 2. The molecule has 1 aromatic heterocycles. The van der Waals surface area contributed by atoms with Crippen LogP contribution in [0.2, 0.25) is 0 Å². The van der Waals surface area contributed by atoms with Crippen LogP contribution in [-0.2, 0) is 11.3 Å². The molecule has 1 heterocycles. The van der Waals surface area contributed by atoms with Crippen LogP contribution in [0.1, 0.15) is 6.92 Å². The Morgan fingerprint density at radius 2 is 2.38 bits per heavy atom. The summed E-state index contributed by atoms with van der Waals surface area (Å²) < 4.78 is 0.996. The number of ketones is 1. The fraction of sp³-hybridized carbons (Fsp3) is 0.286. The van der Waals surface area contributed by atoms with Crippen LogP contribution in [0, 0.1) is 0 Å². The highest BCUT2D eigenvalue weighted by molar-refractivity contribution is 9.10. The Labute approximate surface area is 82.1 Å². The van der Waals surface area contributed by atoms with Gasteiger partial charge in [0.25, 0.3) is 5.56 Å². The number of rotatable bonds is 2. The molecule has 1 rings (SSSR count). The topological polar surface area (TPSA) is 72.2 Å². The van der Waals surface area contributed by atoms with E-state index in [-0.39, 0.29) is 22.6 Å². The monoisotopic (exact) mass is 246 g/mol. The summed E-state index contributed by atoms with van der Waals surface area (Å²) in [7, 11) is 0. The molecule has 1 N–H and O–H groups in total. The van der Waals surface area contributed by atoms with Gasteiger partial charge in [-0.05, 0) is 22.9 Å². The van der Waals surface area contributed by atoms with Crippen molar-refractivity contribution in [1.82, 2.24) is 9.78 Å². The molecule has 5 nitrogen and oxygen atoms in total. The first-order valence-corrected chi connectivity index (χ1v) is 4.25. The lowest BCUT2D eigenvalue weighted by atomic mass is 10.4. The van der Waals surface area contributed by atoms with Crippen molar-refractivity contribution in [2.75, 3.05) is 0 Å². The van der Waals surface area contributed by atoms with Gasteiger partial charge in [-0.1, -0.05) is 0 Å². The number of hydrogen-bond donors (Lipinski definition) is 1. The second-order valence-electron chi connectivity index (χ2n) is 2.51. The molecule has 70 valence electrons. The Hall–Kier alpha value is -1.17. The smallest absolute Gasteiger partial charge is 0.285 e. The molecule has 0 unspecified atom stereocenters. The van der Waals surface area contributed by atoms with Gasteiger partial charge < -0.3 is 5.11 Å². The molecule has 0 saturated carbocycles. The zero-order valence-electron chi connectivity index (χ0n) is 6.82. The first-order chi connectivity index (χ1) is 6.02. The molecule has 13 heavy (non-hydrogen) atoms. The Morgan fingerprint density at radius 3 is 2.92 bits per heavy atom. The van der Waals surface area contributed by atoms with Gasteiger partial charge in [0.1, 0.15) is 11.0 Å². The maximum atomic E-state index is 11.3. The highest BCUT2D eigenvalue weighted by atomic mass is 79.9. The van der Waals surface area contributed by atoms with Gasteiger partial charge in [-0.15, -0.1) is 0 Å². The van der Waals surface area contributed by atoms with Crippen molar-refractivity contribution in [2.24, 2.45) is 0 Å². The summed E-state index contributed by atoms with van der Waals surface area (Å²) in [6, 6.07) is 0. The van der Waals surface area contributed by atoms with Crippen molar-refractivity contribution in [3.05, 3.63) is 21.0 Å². The largest absolute Gasteiger partial charge is 0.505 e. The molecule has 0 aliphatic heterocycles. The van der Waals surface area contributed by atoms with Crippen LogP contribution in [0.25, 0.3) is 0 Å². The number of hydrogen-bond acceptors (Lipinski definition) is 4. The lowest BCUT2D eigenvalue weighted by molar-refractivity contribution is -0.117. The van der Waals surface area contributed by atoms with Crippen LogP contribution in [0.5, 0.6) is 5.75 Å². The minimum Gasteiger partial charge on any atom is -0.505 e. The molecule has 0 aliphatic rings. The van der Waals surface area contributed by atoms with E-state index in [2.05, 4.69) is 21.0 Å². The Kier molecular flexibility index (Phi) is 2.82. The van der Waals surface area contributed by atoms with Gasteiger partial charge in [-0.25, -0.2) is 4.68 Å². The van der Waals surface area contributed by atoms with E-state index in [4.69, 9.17) is 5.11 Å². The average Bonchev–Trinajstić information content (AvgIpc) is 2.06. The molecule has 0 aromatic carbocycles. The van der Waals surface area contributed by atoms with Crippen molar-refractivity contribution < 1.29 is 9.90 Å². The minimum absolute atomic E-state index is 0.0174.